The molecule has 1 atom stereocenters. The van der Waals surface area contributed by atoms with Crippen molar-refractivity contribution < 1.29 is 4.92 Å². The summed E-state index contributed by atoms with van der Waals surface area (Å²) in [6.45, 7) is 0. The van der Waals surface area contributed by atoms with E-state index in [-0.39, 0.29) is 16.9 Å². The molecule has 2 aromatic heterocycles. The summed E-state index contributed by atoms with van der Waals surface area (Å²) in [5.41, 5.74) is 2.20. The molecule has 0 saturated heterocycles. The fraction of sp³-hybridized carbons (Fsp3) is 0.250. The van der Waals surface area contributed by atoms with Gasteiger partial charge in [0.1, 0.15) is 11.9 Å². The van der Waals surface area contributed by atoms with Gasteiger partial charge in [-0.1, -0.05) is 6.07 Å². The van der Waals surface area contributed by atoms with Gasteiger partial charge >= 0.3 is 5.69 Å². The number of fused-ring (bicyclic) bond motifs is 1. The normalized spacial score (nSPS) is 17.2. The minimum absolute atomic E-state index is 0.0185. The summed E-state index contributed by atoms with van der Waals surface area (Å²) in [5, 5.41) is 11.1. The van der Waals surface area contributed by atoms with Crippen LogP contribution in [-0.2, 0) is 6.42 Å². The van der Waals surface area contributed by atoms with Crippen molar-refractivity contribution in [1.29, 1.82) is 0 Å². The third-order valence-corrected chi connectivity index (χ3v) is 3.44. The third kappa shape index (κ3) is 2.04. The summed E-state index contributed by atoms with van der Waals surface area (Å²) in [7, 11) is 0. The largest absolute Gasteiger partial charge is 0.309 e. The van der Waals surface area contributed by atoms with Gasteiger partial charge in [0.25, 0.3) is 0 Å². The minimum atomic E-state index is -0.480. The van der Waals surface area contributed by atoms with Crippen molar-refractivity contribution in [2.75, 3.05) is 0 Å². The van der Waals surface area contributed by atoms with Crippen LogP contribution in [0.15, 0.2) is 24.5 Å². The van der Waals surface area contributed by atoms with Crippen molar-refractivity contribution in [2.24, 2.45) is 0 Å². The average Bonchev–Trinajstić information content (AvgIpc) is 2.82. The highest BCUT2D eigenvalue weighted by Gasteiger charge is 2.32. The van der Waals surface area contributed by atoms with E-state index in [1.54, 1.807) is 6.20 Å². The molecule has 0 aromatic carbocycles. The maximum atomic E-state index is 11.1. The van der Waals surface area contributed by atoms with Crippen molar-refractivity contribution in [2.45, 2.75) is 18.8 Å². The molecule has 1 aliphatic rings. The van der Waals surface area contributed by atoms with Crippen LogP contribution >= 0.6 is 11.6 Å². The number of nitro groups is 1. The Hall–Kier alpha value is -2.08. The number of rotatable bonds is 2. The molecule has 0 aliphatic heterocycles. The highest BCUT2D eigenvalue weighted by Crippen LogP contribution is 2.39. The van der Waals surface area contributed by atoms with E-state index in [0.717, 1.165) is 30.3 Å². The molecule has 1 aliphatic carbocycles. The lowest BCUT2D eigenvalue weighted by Gasteiger charge is -2.10. The van der Waals surface area contributed by atoms with Crippen molar-refractivity contribution >= 4 is 17.3 Å². The van der Waals surface area contributed by atoms with Crippen LogP contribution in [-0.4, -0.2) is 19.9 Å². The second-order valence-electron chi connectivity index (χ2n) is 4.31. The first kappa shape index (κ1) is 12.0. The van der Waals surface area contributed by atoms with Gasteiger partial charge in [0.2, 0.25) is 5.28 Å². The Kier molecular flexibility index (Phi) is 2.87. The summed E-state index contributed by atoms with van der Waals surface area (Å²) in [6, 6.07) is 3.85. The van der Waals surface area contributed by atoms with E-state index < -0.39 is 4.92 Å². The minimum Gasteiger partial charge on any atom is -0.260 e. The number of aromatic nitrogens is 3. The molecule has 1 unspecified atom stereocenters. The van der Waals surface area contributed by atoms with Gasteiger partial charge in [-0.2, -0.15) is 0 Å². The smallest absolute Gasteiger partial charge is 0.260 e. The number of hydrogen-bond acceptors (Lipinski definition) is 5. The zero-order valence-corrected chi connectivity index (χ0v) is 10.5. The van der Waals surface area contributed by atoms with Crippen molar-refractivity contribution in [1.82, 2.24) is 15.0 Å². The highest BCUT2D eigenvalue weighted by molar-refractivity contribution is 6.28. The van der Waals surface area contributed by atoms with Gasteiger partial charge in [0.15, 0.2) is 0 Å². The summed E-state index contributed by atoms with van der Waals surface area (Å²) in [5.74, 6) is -0.183. The summed E-state index contributed by atoms with van der Waals surface area (Å²) < 4.78 is 0. The van der Waals surface area contributed by atoms with E-state index in [2.05, 4.69) is 15.0 Å². The van der Waals surface area contributed by atoms with Crippen LogP contribution in [0.1, 0.15) is 29.3 Å². The van der Waals surface area contributed by atoms with E-state index in [1.165, 1.54) is 0 Å². The highest BCUT2D eigenvalue weighted by atomic mass is 35.5. The number of halogens is 1. The first-order chi connectivity index (χ1) is 9.16. The van der Waals surface area contributed by atoms with E-state index in [9.17, 15) is 10.1 Å². The lowest BCUT2D eigenvalue weighted by molar-refractivity contribution is -0.386. The molecule has 0 radical (unpaired) electrons. The Bertz CT molecular complexity index is 662. The van der Waals surface area contributed by atoms with Gasteiger partial charge in [0, 0.05) is 6.20 Å². The number of pyridine rings is 1. The standard InChI is InChI=1S/C12H9ClN4O2/c13-12-15-6-9(17(18)19)11(16-12)8-4-3-7-2-1-5-14-10(7)8/h1-2,5-6,8H,3-4H2. The molecule has 0 saturated carbocycles. The lowest BCUT2D eigenvalue weighted by Crippen LogP contribution is -2.07. The maximum Gasteiger partial charge on any atom is 0.309 e. The molecule has 6 nitrogen and oxygen atoms in total. The zero-order chi connectivity index (χ0) is 13.4. The number of nitrogens with zero attached hydrogens (tertiary/aromatic N) is 4. The Morgan fingerprint density at radius 3 is 3.00 bits per heavy atom. The van der Waals surface area contributed by atoms with Crippen molar-refractivity contribution in [3.05, 3.63) is 56.9 Å². The average molecular weight is 277 g/mol. The van der Waals surface area contributed by atoms with E-state index >= 15 is 0 Å². The van der Waals surface area contributed by atoms with E-state index in [0.29, 0.717) is 5.69 Å². The van der Waals surface area contributed by atoms with Gasteiger partial charge < -0.3 is 0 Å². The molecule has 2 aromatic rings. The first-order valence-electron chi connectivity index (χ1n) is 5.77. The molecular weight excluding hydrogens is 268 g/mol. The maximum absolute atomic E-state index is 11.1. The summed E-state index contributed by atoms with van der Waals surface area (Å²) >= 11 is 5.76. The molecule has 0 bridgehead atoms. The monoisotopic (exact) mass is 276 g/mol. The van der Waals surface area contributed by atoms with Gasteiger partial charge in [-0.05, 0) is 36.1 Å². The first-order valence-corrected chi connectivity index (χ1v) is 6.15. The quantitative estimate of drug-likeness (QED) is 0.478. The van der Waals surface area contributed by atoms with Gasteiger partial charge in [-0.15, -0.1) is 0 Å². The second-order valence-corrected chi connectivity index (χ2v) is 4.64. The molecule has 0 amide bonds. The number of hydrogen-bond donors (Lipinski definition) is 0. The third-order valence-electron chi connectivity index (χ3n) is 3.25. The topological polar surface area (TPSA) is 81.8 Å². The molecular formula is C12H9ClN4O2. The lowest BCUT2D eigenvalue weighted by atomic mass is 10.0. The molecule has 96 valence electrons. The predicted octanol–water partition coefficient (Wildman–Crippen LogP) is 2.51. The zero-order valence-electron chi connectivity index (χ0n) is 9.78. The van der Waals surface area contributed by atoms with E-state index in [4.69, 9.17) is 11.6 Å². The van der Waals surface area contributed by atoms with Gasteiger partial charge in [-0.25, -0.2) is 9.97 Å². The van der Waals surface area contributed by atoms with E-state index in [1.807, 2.05) is 12.1 Å². The van der Waals surface area contributed by atoms with Crippen molar-refractivity contribution in [3.8, 4) is 0 Å². The van der Waals surface area contributed by atoms with Crippen molar-refractivity contribution in [3.63, 3.8) is 0 Å². The molecule has 19 heavy (non-hydrogen) atoms. The van der Waals surface area contributed by atoms with Crippen LogP contribution in [0.3, 0.4) is 0 Å². The van der Waals surface area contributed by atoms with Crippen LogP contribution in [0, 0.1) is 10.1 Å². The van der Waals surface area contributed by atoms with Crippen LogP contribution in [0.5, 0.6) is 0 Å². The fourth-order valence-corrected chi connectivity index (χ4v) is 2.58. The molecule has 3 rings (SSSR count). The Morgan fingerprint density at radius 2 is 2.21 bits per heavy atom. The number of aryl methyl sites for hydroxylation is 1. The van der Waals surface area contributed by atoms with Crippen LogP contribution < -0.4 is 0 Å². The molecule has 0 fully saturated rings. The van der Waals surface area contributed by atoms with Crippen LogP contribution in [0.2, 0.25) is 5.28 Å². The summed E-state index contributed by atoms with van der Waals surface area (Å²) in [4.78, 5) is 22.6. The second kappa shape index (κ2) is 4.55. The van der Waals surface area contributed by atoms with Crippen LogP contribution in [0.4, 0.5) is 5.69 Å². The Morgan fingerprint density at radius 1 is 1.37 bits per heavy atom. The summed E-state index contributed by atoms with van der Waals surface area (Å²) in [6.07, 6.45) is 4.44. The predicted molar refractivity (Wildman–Crippen MR) is 68.1 cm³/mol. The van der Waals surface area contributed by atoms with Gasteiger partial charge in [-0.3, -0.25) is 15.1 Å². The molecule has 0 N–H and O–H groups in total. The molecule has 2 heterocycles. The Labute approximate surface area is 113 Å². The van der Waals surface area contributed by atoms with Gasteiger partial charge in [0.05, 0.1) is 16.5 Å². The SMILES string of the molecule is O=[N+]([O-])c1cnc(Cl)nc1C1CCc2cccnc21. The Balaban J connectivity index is 2.13. The fourth-order valence-electron chi connectivity index (χ4n) is 2.44. The molecule has 0 spiro atoms. The van der Waals surface area contributed by atoms with Crippen LogP contribution in [0.25, 0.3) is 0 Å². The molecule has 7 heteroatoms.